The molecule has 0 aromatic rings. The number of halogens is 1. The molecular formula is C25H55ClN2O5. The lowest BCUT2D eigenvalue weighted by Gasteiger charge is -2.40. The first-order valence-electron chi connectivity index (χ1n) is 12.3. The van der Waals surface area contributed by atoms with Gasteiger partial charge in [0.2, 0.25) is 0 Å². The summed E-state index contributed by atoms with van der Waals surface area (Å²) < 4.78 is 0. The predicted molar refractivity (Wildman–Crippen MR) is 139 cm³/mol. The van der Waals surface area contributed by atoms with Crippen molar-refractivity contribution in [2.24, 2.45) is 29.6 Å². The lowest BCUT2D eigenvalue weighted by molar-refractivity contribution is 0.0449. The second-order valence-electron chi connectivity index (χ2n) is 10.7. The van der Waals surface area contributed by atoms with Gasteiger partial charge in [0, 0.05) is 24.6 Å². The number of nitrogens with one attached hydrogen (secondary N) is 1. The van der Waals surface area contributed by atoms with Gasteiger partial charge in [-0.2, -0.15) is 0 Å². The second-order valence-corrected chi connectivity index (χ2v) is 11.3. The van der Waals surface area contributed by atoms with E-state index in [-0.39, 0.29) is 42.5 Å². The van der Waals surface area contributed by atoms with Crippen molar-refractivity contribution in [1.29, 1.82) is 0 Å². The van der Waals surface area contributed by atoms with Crippen molar-refractivity contribution in [3.63, 3.8) is 0 Å². The van der Waals surface area contributed by atoms with Gasteiger partial charge in [0.05, 0.1) is 6.10 Å². The fraction of sp³-hybridized carbons (Fsp3) is 1.00. The van der Waals surface area contributed by atoms with Crippen molar-refractivity contribution in [2.45, 2.75) is 96.6 Å². The molecule has 0 amide bonds. The quantitative estimate of drug-likeness (QED) is 0.438. The summed E-state index contributed by atoms with van der Waals surface area (Å²) in [6.07, 6.45) is 10.3. The van der Waals surface area contributed by atoms with Crippen LogP contribution in [0.1, 0.15) is 79.1 Å². The molecule has 33 heavy (non-hydrogen) atoms. The SMILES string of the molecule is C.CC(C)[C@H](CN1CCC(C2CCC(Cl)CC2)CC1)NCC1CC(O)CC(CO)C1.O.O.O. The summed E-state index contributed by atoms with van der Waals surface area (Å²) in [6.45, 7) is 9.44. The van der Waals surface area contributed by atoms with E-state index in [1.54, 1.807) is 0 Å². The Morgan fingerprint density at radius 3 is 1.97 bits per heavy atom. The van der Waals surface area contributed by atoms with E-state index in [4.69, 9.17) is 11.6 Å². The highest BCUT2D eigenvalue weighted by atomic mass is 35.5. The largest absolute Gasteiger partial charge is 0.412 e. The van der Waals surface area contributed by atoms with Crippen molar-refractivity contribution in [1.82, 2.24) is 10.2 Å². The maximum absolute atomic E-state index is 10.1. The van der Waals surface area contributed by atoms with Gasteiger partial charge < -0.3 is 36.9 Å². The molecule has 1 saturated heterocycles. The molecule has 1 aliphatic heterocycles. The molecule has 4 atom stereocenters. The van der Waals surface area contributed by atoms with Gasteiger partial charge in [-0.1, -0.05) is 21.3 Å². The van der Waals surface area contributed by atoms with Crippen LogP contribution in [-0.4, -0.2) is 81.9 Å². The molecule has 1 heterocycles. The normalized spacial score (nSPS) is 32.0. The number of piperidine rings is 1. The van der Waals surface area contributed by atoms with Crippen LogP contribution in [0.5, 0.6) is 0 Å². The Hall–Kier alpha value is 0.01000. The van der Waals surface area contributed by atoms with Crippen molar-refractivity contribution in [2.75, 3.05) is 32.8 Å². The summed E-state index contributed by atoms with van der Waals surface area (Å²) in [6, 6.07) is 0.505. The van der Waals surface area contributed by atoms with E-state index in [0.717, 1.165) is 44.2 Å². The molecule has 202 valence electrons. The highest BCUT2D eigenvalue weighted by molar-refractivity contribution is 6.20. The summed E-state index contributed by atoms with van der Waals surface area (Å²) in [5.74, 6) is 3.20. The molecule has 0 radical (unpaired) electrons. The molecule has 3 fully saturated rings. The number of nitrogens with zero attached hydrogens (tertiary/aromatic N) is 1. The van der Waals surface area contributed by atoms with Crippen molar-refractivity contribution < 1.29 is 26.6 Å². The van der Waals surface area contributed by atoms with E-state index in [2.05, 4.69) is 24.1 Å². The third kappa shape index (κ3) is 11.1. The fourth-order valence-electron chi connectivity index (χ4n) is 6.11. The number of rotatable bonds is 8. The van der Waals surface area contributed by atoms with Crippen molar-refractivity contribution >= 4 is 11.6 Å². The monoisotopic (exact) mass is 498 g/mol. The molecule has 3 rings (SSSR count). The topological polar surface area (TPSA) is 150 Å². The Balaban J connectivity index is 0. The van der Waals surface area contributed by atoms with E-state index in [1.807, 2.05) is 0 Å². The minimum Gasteiger partial charge on any atom is -0.412 e. The average Bonchev–Trinajstić information content (AvgIpc) is 2.71. The Morgan fingerprint density at radius 2 is 1.42 bits per heavy atom. The Morgan fingerprint density at radius 1 is 0.879 bits per heavy atom. The zero-order chi connectivity index (χ0) is 20.8. The van der Waals surface area contributed by atoms with Gasteiger partial charge in [-0.05, 0) is 107 Å². The van der Waals surface area contributed by atoms with Crippen LogP contribution in [0.4, 0.5) is 0 Å². The van der Waals surface area contributed by atoms with Gasteiger partial charge in [0.1, 0.15) is 0 Å². The number of aliphatic hydroxyl groups is 2. The minimum absolute atomic E-state index is 0. The molecule has 7 nitrogen and oxygen atoms in total. The molecule has 2 saturated carbocycles. The standard InChI is InChI=1S/C24H45ClN2O2.CH4.3H2O/c1-17(2)24(26-14-18-11-19(16-28)13-23(29)12-18)15-27-9-7-21(8-10-27)20-3-5-22(25)6-4-20;;;;/h17-24,26,28-29H,3-16H2,1-2H3;1H4;3*1H2/t18?,19?,20?,22?,23?,24-;;;;/m0..../s1. The van der Waals surface area contributed by atoms with Gasteiger partial charge >= 0.3 is 0 Å². The highest BCUT2D eigenvalue weighted by Gasteiger charge is 2.31. The highest BCUT2D eigenvalue weighted by Crippen LogP contribution is 2.37. The number of likely N-dealkylation sites (tertiary alicyclic amines) is 1. The molecule has 0 aromatic heterocycles. The van der Waals surface area contributed by atoms with Crippen molar-refractivity contribution in [3.05, 3.63) is 0 Å². The summed E-state index contributed by atoms with van der Waals surface area (Å²) in [5.41, 5.74) is 0. The molecule has 2 aliphatic carbocycles. The third-order valence-corrected chi connectivity index (χ3v) is 8.50. The van der Waals surface area contributed by atoms with E-state index < -0.39 is 0 Å². The lowest BCUT2D eigenvalue weighted by atomic mass is 9.75. The van der Waals surface area contributed by atoms with Crippen LogP contribution < -0.4 is 5.32 Å². The Kier molecular flexibility index (Phi) is 18.6. The van der Waals surface area contributed by atoms with Crippen LogP contribution >= 0.6 is 11.6 Å². The maximum atomic E-state index is 10.1. The molecule has 3 unspecified atom stereocenters. The first-order valence-corrected chi connectivity index (χ1v) is 12.8. The molecule has 0 aromatic carbocycles. The van der Waals surface area contributed by atoms with Crippen molar-refractivity contribution in [3.8, 4) is 0 Å². The zero-order valence-corrected chi connectivity index (χ0v) is 21.0. The molecular weight excluding hydrogens is 444 g/mol. The zero-order valence-electron chi connectivity index (χ0n) is 20.2. The predicted octanol–water partition coefficient (Wildman–Crippen LogP) is 2.04. The van der Waals surface area contributed by atoms with E-state index in [1.165, 1.54) is 51.6 Å². The van der Waals surface area contributed by atoms with Gasteiger partial charge in [0.25, 0.3) is 0 Å². The molecule has 3 aliphatic rings. The van der Waals surface area contributed by atoms with Gasteiger partial charge in [-0.15, -0.1) is 11.6 Å². The molecule has 8 heteroatoms. The average molecular weight is 499 g/mol. The van der Waals surface area contributed by atoms with Crippen LogP contribution in [-0.2, 0) is 0 Å². The van der Waals surface area contributed by atoms with E-state index >= 15 is 0 Å². The minimum atomic E-state index is -0.238. The van der Waals surface area contributed by atoms with Crippen LogP contribution in [0.25, 0.3) is 0 Å². The fourth-order valence-corrected chi connectivity index (χ4v) is 6.36. The van der Waals surface area contributed by atoms with Crippen LogP contribution in [0, 0.1) is 29.6 Å². The summed E-state index contributed by atoms with van der Waals surface area (Å²) >= 11 is 6.30. The van der Waals surface area contributed by atoms with E-state index in [9.17, 15) is 10.2 Å². The summed E-state index contributed by atoms with van der Waals surface area (Å²) in [7, 11) is 0. The first kappa shape index (κ1) is 35.2. The number of hydrogen-bond donors (Lipinski definition) is 3. The van der Waals surface area contributed by atoms with Crippen LogP contribution in [0.3, 0.4) is 0 Å². The number of alkyl halides is 1. The molecule has 9 N–H and O–H groups in total. The van der Waals surface area contributed by atoms with Crippen LogP contribution in [0.15, 0.2) is 0 Å². The van der Waals surface area contributed by atoms with Gasteiger partial charge in [0.15, 0.2) is 0 Å². The number of hydrogen-bond acceptors (Lipinski definition) is 4. The van der Waals surface area contributed by atoms with Crippen LogP contribution in [0.2, 0.25) is 0 Å². The van der Waals surface area contributed by atoms with Gasteiger partial charge in [-0.25, -0.2) is 0 Å². The lowest BCUT2D eigenvalue weighted by Crippen LogP contribution is -2.49. The summed E-state index contributed by atoms with van der Waals surface area (Å²) in [5, 5.41) is 23.9. The summed E-state index contributed by atoms with van der Waals surface area (Å²) in [4.78, 5) is 2.67. The third-order valence-electron chi connectivity index (χ3n) is 8.06. The maximum Gasteiger partial charge on any atom is 0.0546 e. The molecule has 0 bridgehead atoms. The Bertz CT molecular complexity index is 472. The second kappa shape index (κ2) is 17.4. The number of aliphatic hydroxyl groups excluding tert-OH is 2. The van der Waals surface area contributed by atoms with E-state index in [0.29, 0.717) is 23.3 Å². The molecule has 0 spiro atoms. The smallest absolute Gasteiger partial charge is 0.0546 e. The van der Waals surface area contributed by atoms with Gasteiger partial charge in [-0.3, -0.25) is 0 Å². The Labute approximate surface area is 207 Å². The first-order chi connectivity index (χ1) is 13.9.